The zero-order valence-electron chi connectivity index (χ0n) is 9.27. The molecule has 1 aromatic heterocycles. The lowest BCUT2D eigenvalue weighted by Gasteiger charge is -2.08. The van der Waals surface area contributed by atoms with Gasteiger partial charge >= 0.3 is 11.2 Å². The van der Waals surface area contributed by atoms with Gasteiger partial charge in [0.15, 0.2) is 0 Å². The largest absolute Gasteiger partial charge is 0.441 e. The van der Waals surface area contributed by atoms with E-state index in [1.807, 2.05) is 0 Å². The number of aromatic nitrogens is 2. The van der Waals surface area contributed by atoms with E-state index < -0.39 is 16.1 Å². The molecule has 4 N–H and O–H groups in total. The first kappa shape index (κ1) is 15.2. The summed E-state index contributed by atoms with van der Waals surface area (Å²) in [5, 5.41) is 13.1. The average molecular weight is 298 g/mol. The second-order valence-corrected chi connectivity index (χ2v) is 4.21. The Balaban J connectivity index is 2.67. The zero-order valence-corrected chi connectivity index (χ0v) is 10.1. The van der Waals surface area contributed by atoms with Crippen LogP contribution in [-0.2, 0) is 0 Å². The number of hydrogen-bond donors (Lipinski definition) is 3. The Labute approximate surface area is 109 Å². The number of hydrazine groups is 1. The second kappa shape index (κ2) is 6.38. The van der Waals surface area contributed by atoms with E-state index >= 15 is 0 Å². The lowest BCUT2D eigenvalue weighted by Crippen LogP contribution is -2.15. The summed E-state index contributed by atoms with van der Waals surface area (Å²) >= 11 is -0.239. The van der Waals surface area contributed by atoms with Crippen molar-refractivity contribution in [1.29, 1.82) is 0 Å². The standard InChI is InChI=1S/C7H9F3N6O2S/c8-7(9,10)19-2-1-12-5-4(16(17)18)3-13-6(14-5)15-11/h3H,1-2,11H2,(H2,12,13,14,15). The van der Waals surface area contributed by atoms with Gasteiger partial charge < -0.3 is 5.32 Å². The number of anilines is 2. The summed E-state index contributed by atoms with van der Waals surface area (Å²) in [5.74, 6) is 4.44. The SMILES string of the molecule is NNc1ncc([N+](=O)[O-])c(NCCSC(F)(F)F)n1. The summed E-state index contributed by atoms with van der Waals surface area (Å²) in [6.07, 6.45) is 0.904. The molecule has 1 aromatic rings. The van der Waals surface area contributed by atoms with Gasteiger partial charge in [0.25, 0.3) is 0 Å². The van der Waals surface area contributed by atoms with Crippen molar-refractivity contribution in [3.05, 3.63) is 16.3 Å². The molecule has 1 rings (SSSR count). The molecule has 0 aliphatic heterocycles. The van der Waals surface area contributed by atoms with Crippen LogP contribution in [0.1, 0.15) is 0 Å². The maximum atomic E-state index is 11.9. The van der Waals surface area contributed by atoms with Gasteiger partial charge in [-0.2, -0.15) is 18.2 Å². The molecule has 0 bridgehead atoms. The molecular formula is C7H9F3N6O2S. The Morgan fingerprint density at radius 3 is 2.74 bits per heavy atom. The van der Waals surface area contributed by atoms with Crippen LogP contribution in [0.3, 0.4) is 0 Å². The van der Waals surface area contributed by atoms with Crippen molar-refractivity contribution in [2.24, 2.45) is 5.84 Å². The third-order valence-corrected chi connectivity index (χ3v) is 2.49. The van der Waals surface area contributed by atoms with Crippen LogP contribution in [0, 0.1) is 10.1 Å². The smallest absolute Gasteiger partial charge is 0.363 e. The molecule has 1 heterocycles. The molecule has 0 saturated heterocycles. The highest BCUT2D eigenvalue weighted by Gasteiger charge is 2.27. The average Bonchev–Trinajstić information content (AvgIpc) is 2.33. The quantitative estimate of drug-likeness (QED) is 0.311. The Bertz CT molecular complexity index is 457. The first-order chi connectivity index (χ1) is 8.83. The van der Waals surface area contributed by atoms with Gasteiger partial charge in [0, 0.05) is 12.3 Å². The van der Waals surface area contributed by atoms with E-state index in [-0.39, 0.29) is 35.8 Å². The molecule has 0 radical (unpaired) electrons. The number of nitro groups is 1. The number of halogens is 3. The fourth-order valence-corrected chi connectivity index (χ4v) is 1.48. The van der Waals surface area contributed by atoms with Gasteiger partial charge in [-0.3, -0.25) is 15.5 Å². The van der Waals surface area contributed by atoms with Crippen molar-refractivity contribution in [1.82, 2.24) is 9.97 Å². The highest BCUT2D eigenvalue weighted by molar-refractivity contribution is 8.00. The summed E-state index contributed by atoms with van der Waals surface area (Å²) < 4.78 is 35.6. The summed E-state index contributed by atoms with van der Waals surface area (Å²) in [4.78, 5) is 17.1. The van der Waals surface area contributed by atoms with Gasteiger partial charge in [-0.1, -0.05) is 0 Å². The van der Waals surface area contributed by atoms with Crippen LogP contribution in [-0.4, -0.2) is 32.7 Å². The molecule has 0 unspecified atom stereocenters. The molecule has 0 fully saturated rings. The van der Waals surface area contributed by atoms with Crippen molar-refractivity contribution >= 4 is 29.2 Å². The lowest BCUT2D eigenvalue weighted by molar-refractivity contribution is -0.384. The molecule has 8 nitrogen and oxygen atoms in total. The Morgan fingerprint density at radius 1 is 1.53 bits per heavy atom. The van der Waals surface area contributed by atoms with Crippen molar-refractivity contribution in [3.8, 4) is 0 Å². The molecule has 0 atom stereocenters. The second-order valence-electron chi connectivity index (χ2n) is 3.05. The number of nitrogen functional groups attached to an aromatic ring is 1. The normalized spacial score (nSPS) is 11.2. The fraction of sp³-hybridized carbons (Fsp3) is 0.429. The van der Waals surface area contributed by atoms with E-state index in [2.05, 4.69) is 20.7 Å². The monoisotopic (exact) mass is 298 g/mol. The van der Waals surface area contributed by atoms with Crippen LogP contribution in [0.15, 0.2) is 6.20 Å². The van der Waals surface area contributed by atoms with Crippen LogP contribution in [0.2, 0.25) is 0 Å². The van der Waals surface area contributed by atoms with Gasteiger partial charge in [-0.25, -0.2) is 10.8 Å². The van der Waals surface area contributed by atoms with Crippen molar-refractivity contribution < 1.29 is 18.1 Å². The number of thioether (sulfide) groups is 1. The van der Waals surface area contributed by atoms with E-state index in [1.165, 1.54) is 0 Å². The molecule has 0 aliphatic carbocycles. The maximum absolute atomic E-state index is 11.9. The predicted octanol–water partition coefficient (Wildman–Crippen LogP) is 1.34. The number of nitrogens with two attached hydrogens (primary N) is 1. The van der Waals surface area contributed by atoms with Crippen molar-refractivity contribution in [2.75, 3.05) is 23.0 Å². The summed E-state index contributed by atoms with van der Waals surface area (Å²) in [6.45, 7) is -0.147. The molecule has 0 amide bonds. The lowest BCUT2D eigenvalue weighted by atomic mass is 10.4. The molecule has 0 aliphatic rings. The van der Waals surface area contributed by atoms with E-state index in [1.54, 1.807) is 0 Å². The van der Waals surface area contributed by atoms with Crippen LogP contribution in [0.25, 0.3) is 0 Å². The van der Waals surface area contributed by atoms with Gasteiger partial charge in [0.1, 0.15) is 6.20 Å². The van der Waals surface area contributed by atoms with Crippen molar-refractivity contribution in [2.45, 2.75) is 5.51 Å². The van der Waals surface area contributed by atoms with Crippen LogP contribution in [0.4, 0.5) is 30.6 Å². The van der Waals surface area contributed by atoms with E-state index in [4.69, 9.17) is 5.84 Å². The van der Waals surface area contributed by atoms with Crippen LogP contribution < -0.4 is 16.6 Å². The molecule has 12 heteroatoms. The number of nitrogens with zero attached hydrogens (tertiary/aromatic N) is 3. The van der Waals surface area contributed by atoms with E-state index in [0.717, 1.165) is 6.20 Å². The van der Waals surface area contributed by atoms with Gasteiger partial charge in [0.2, 0.25) is 11.8 Å². The number of alkyl halides is 3. The minimum Gasteiger partial charge on any atom is -0.363 e. The van der Waals surface area contributed by atoms with Crippen LogP contribution in [0.5, 0.6) is 0 Å². The number of hydrogen-bond acceptors (Lipinski definition) is 8. The molecule has 19 heavy (non-hydrogen) atoms. The third-order valence-electron chi connectivity index (χ3n) is 1.76. The Kier molecular flexibility index (Phi) is 5.11. The van der Waals surface area contributed by atoms with Gasteiger partial charge in [-0.05, 0) is 11.8 Å². The molecule has 0 spiro atoms. The van der Waals surface area contributed by atoms with Crippen molar-refractivity contribution in [3.63, 3.8) is 0 Å². The first-order valence-corrected chi connectivity index (χ1v) is 5.74. The molecule has 0 aromatic carbocycles. The maximum Gasteiger partial charge on any atom is 0.441 e. The van der Waals surface area contributed by atoms with Gasteiger partial charge in [0.05, 0.1) is 4.92 Å². The van der Waals surface area contributed by atoms with E-state index in [9.17, 15) is 23.3 Å². The fourth-order valence-electron chi connectivity index (χ4n) is 1.04. The minimum absolute atomic E-state index is 0.0865. The minimum atomic E-state index is -4.34. The third kappa shape index (κ3) is 5.13. The Hall–Kier alpha value is -1.82. The zero-order chi connectivity index (χ0) is 14.5. The highest BCUT2D eigenvalue weighted by atomic mass is 32.2. The topological polar surface area (TPSA) is 119 Å². The first-order valence-electron chi connectivity index (χ1n) is 4.76. The van der Waals surface area contributed by atoms with Crippen LogP contribution >= 0.6 is 11.8 Å². The molecular weight excluding hydrogens is 289 g/mol. The summed E-state index contributed by atoms with van der Waals surface area (Å²) in [5.41, 5.74) is -2.71. The predicted molar refractivity (Wildman–Crippen MR) is 63.5 cm³/mol. The number of nitrogens with one attached hydrogen (secondary N) is 2. The Morgan fingerprint density at radius 2 is 2.21 bits per heavy atom. The van der Waals surface area contributed by atoms with E-state index in [0.29, 0.717) is 0 Å². The number of rotatable bonds is 6. The summed E-state index contributed by atoms with van der Waals surface area (Å²) in [6, 6.07) is 0. The summed E-state index contributed by atoms with van der Waals surface area (Å²) in [7, 11) is 0. The van der Waals surface area contributed by atoms with Gasteiger partial charge in [-0.15, -0.1) is 0 Å². The molecule has 0 saturated carbocycles. The highest BCUT2D eigenvalue weighted by Crippen LogP contribution is 2.30. The molecule has 106 valence electrons.